The minimum absolute atomic E-state index is 0.236. The molecule has 2 unspecified atom stereocenters. The minimum atomic E-state index is 0.236. The third-order valence-corrected chi connectivity index (χ3v) is 5.33. The van der Waals surface area contributed by atoms with E-state index in [2.05, 4.69) is 61.1 Å². The first-order valence-electron chi connectivity index (χ1n) is 5.82. The van der Waals surface area contributed by atoms with Gasteiger partial charge in [-0.1, -0.05) is 6.92 Å². The lowest BCUT2D eigenvalue weighted by Crippen LogP contribution is -2.37. The van der Waals surface area contributed by atoms with Crippen LogP contribution in [0.15, 0.2) is 15.9 Å². The van der Waals surface area contributed by atoms with Crippen LogP contribution in [-0.4, -0.2) is 12.1 Å². The van der Waals surface area contributed by atoms with Gasteiger partial charge >= 0.3 is 0 Å². The fourth-order valence-corrected chi connectivity index (χ4v) is 3.72. The van der Waals surface area contributed by atoms with Gasteiger partial charge in [-0.3, -0.25) is 0 Å². The van der Waals surface area contributed by atoms with E-state index >= 15 is 0 Å². The van der Waals surface area contributed by atoms with E-state index < -0.39 is 0 Å². The van der Waals surface area contributed by atoms with Crippen LogP contribution in [0.2, 0.25) is 0 Å². The molecule has 1 aliphatic carbocycles. The Morgan fingerprint density at radius 3 is 2.69 bits per heavy atom. The predicted octanol–water partition coefficient (Wildman–Crippen LogP) is 4.18. The van der Waals surface area contributed by atoms with E-state index in [0.717, 1.165) is 12.5 Å². The molecule has 1 aromatic rings. The second-order valence-corrected chi connectivity index (χ2v) is 8.52. The highest BCUT2D eigenvalue weighted by atomic mass is 79.9. The van der Waals surface area contributed by atoms with Crippen LogP contribution in [0.5, 0.6) is 0 Å². The number of halogens is 1. The number of nitrogens with one attached hydrogen (secondary N) is 1. The first-order valence-corrected chi connectivity index (χ1v) is 7.43. The highest BCUT2D eigenvalue weighted by molar-refractivity contribution is 9.11. The molecule has 0 amide bonds. The Labute approximate surface area is 111 Å². The Balaban J connectivity index is 1.94. The summed E-state index contributed by atoms with van der Waals surface area (Å²) >= 11 is 5.43. The molecule has 1 fully saturated rings. The van der Waals surface area contributed by atoms with Crippen LogP contribution in [0, 0.1) is 5.92 Å². The molecule has 16 heavy (non-hydrogen) atoms. The van der Waals surface area contributed by atoms with Gasteiger partial charge in [-0.15, -0.1) is 11.3 Å². The van der Waals surface area contributed by atoms with Crippen molar-refractivity contribution in [3.63, 3.8) is 0 Å². The molecule has 1 N–H and O–H groups in total. The Hall–Kier alpha value is 0.140. The summed E-state index contributed by atoms with van der Waals surface area (Å²) in [6, 6.07) is 4.43. The van der Waals surface area contributed by atoms with Crippen LogP contribution >= 0.6 is 27.3 Å². The fourth-order valence-electron chi connectivity index (χ4n) is 2.10. The third-order valence-electron chi connectivity index (χ3n) is 3.43. The maximum atomic E-state index is 3.61. The predicted molar refractivity (Wildman–Crippen MR) is 75.2 cm³/mol. The molecule has 0 spiro atoms. The van der Waals surface area contributed by atoms with E-state index in [1.54, 1.807) is 0 Å². The number of rotatable bonds is 3. The molecule has 3 heteroatoms. The Morgan fingerprint density at radius 1 is 1.50 bits per heavy atom. The normalized spacial score (nSPS) is 29.4. The van der Waals surface area contributed by atoms with Crippen molar-refractivity contribution in [3.8, 4) is 0 Å². The molecule has 0 aliphatic heterocycles. The molecule has 0 saturated heterocycles. The lowest BCUT2D eigenvalue weighted by molar-refractivity contribution is 0.407. The van der Waals surface area contributed by atoms with Crippen LogP contribution < -0.4 is 5.32 Å². The van der Waals surface area contributed by atoms with Gasteiger partial charge in [0.2, 0.25) is 0 Å². The van der Waals surface area contributed by atoms with Crippen molar-refractivity contribution in [1.29, 1.82) is 0 Å². The zero-order valence-electron chi connectivity index (χ0n) is 10.4. The first kappa shape index (κ1) is 12.6. The minimum Gasteiger partial charge on any atom is -0.312 e. The maximum absolute atomic E-state index is 3.61. The molecule has 1 saturated carbocycles. The van der Waals surface area contributed by atoms with Crippen molar-refractivity contribution in [2.75, 3.05) is 6.54 Å². The summed E-state index contributed by atoms with van der Waals surface area (Å²) in [5, 5.41) is 3.61. The summed E-state index contributed by atoms with van der Waals surface area (Å²) < 4.78 is 1.25. The highest BCUT2D eigenvalue weighted by Crippen LogP contribution is 2.55. The summed E-state index contributed by atoms with van der Waals surface area (Å²) in [5.41, 5.74) is 0.661. The number of hydrogen-bond donors (Lipinski definition) is 1. The Bertz CT molecular complexity index is 380. The van der Waals surface area contributed by atoms with E-state index in [1.807, 2.05) is 11.3 Å². The lowest BCUT2D eigenvalue weighted by atomic mass is 10.0. The van der Waals surface area contributed by atoms with Gasteiger partial charge in [-0.25, -0.2) is 0 Å². The molecule has 1 nitrogen and oxygen atoms in total. The van der Waals surface area contributed by atoms with E-state index in [0.29, 0.717) is 5.41 Å². The zero-order valence-corrected chi connectivity index (χ0v) is 12.8. The molecular formula is C13H20BrNS. The second-order valence-electron chi connectivity index (χ2n) is 6.05. The number of hydrogen-bond acceptors (Lipinski definition) is 2. The van der Waals surface area contributed by atoms with Crippen molar-refractivity contribution >= 4 is 27.3 Å². The van der Waals surface area contributed by atoms with Gasteiger partial charge in [0.25, 0.3) is 0 Å². The van der Waals surface area contributed by atoms with Gasteiger partial charge in [-0.05, 0) is 67.7 Å². The molecule has 0 aromatic carbocycles. The smallest absolute Gasteiger partial charge is 0.0701 e. The molecule has 0 bridgehead atoms. The summed E-state index contributed by atoms with van der Waals surface area (Å²) in [6.07, 6.45) is 1.32. The third kappa shape index (κ3) is 2.69. The van der Waals surface area contributed by atoms with E-state index in [1.165, 1.54) is 15.1 Å². The van der Waals surface area contributed by atoms with Gasteiger partial charge in [0.1, 0.15) is 0 Å². The molecule has 1 aromatic heterocycles. The highest BCUT2D eigenvalue weighted by Gasteiger charge is 2.51. The molecule has 0 radical (unpaired) electrons. The SMILES string of the molecule is CC(C)(C)NCC1CC1(C)c1ccc(Br)s1. The molecule has 2 rings (SSSR count). The van der Waals surface area contributed by atoms with E-state index in [4.69, 9.17) is 0 Å². The first-order chi connectivity index (χ1) is 7.31. The van der Waals surface area contributed by atoms with Gasteiger partial charge < -0.3 is 5.32 Å². The van der Waals surface area contributed by atoms with Crippen molar-refractivity contribution in [3.05, 3.63) is 20.8 Å². The van der Waals surface area contributed by atoms with Crippen LogP contribution in [0.1, 0.15) is 39.0 Å². The average molecular weight is 302 g/mol. The van der Waals surface area contributed by atoms with Crippen LogP contribution in [0.4, 0.5) is 0 Å². The topological polar surface area (TPSA) is 12.0 Å². The molecule has 1 heterocycles. The van der Waals surface area contributed by atoms with Gasteiger partial charge in [0.05, 0.1) is 3.79 Å². The maximum Gasteiger partial charge on any atom is 0.0701 e. The molecule has 1 aliphatic rings. The van der Waals surface area contributed by atoms with Crippen LogP contribution in [-0.2, 0) is 5.41 Å². The quantitative estimate of drug-likeness (QED) is 0.883. The molecular weight excluding hydrogens is 282 g/mol. The molecule has 90 valence electrons. The summed E-state index contributed by atoms with van der Waals surface area (Å²) in [5.74, 6) is 0.803. The van der Waals surface area contributed by atoms with Crippen molar-refractivity contribution in [2.45, 2.75) is 45.1 Å². The Kier molecular flexibility index (Phi) is 3.23. The fraction of sp³-hybridized carbons (Fsp3) is 0.692. The van der Waals surface area contributed by atoms with E-state index in [9.17, 15) is 0 Å². The summed E-state index contributed by atoms with van der Waals surface area (Å²) in [4.78, 5) is 1.53. The Morgan fingerprint density at radius 2 is 2.19 bits per heavy atom. The van der Waals surface area contributed by atoms with Gasteiger partial charge in [0, 0.05) is 15.8 Å². The van der Waals surface area contributed by atoms with Crippen molar-refractivity contribution in [1.82, 2.24) is 5.32 Å². The van der Waals surface area contributed by atoms with Crippen LogP contribution in [0.3, 0.4) is 0 Å². The van der Waals surface area contributed by atoms with Crippen molar-refractivity contribution in [2.24, 2.45) is 5.92 Å². The van der Waals surface area contributed by atoms with Crippen molar-refractivity contribution < 1.29 is 0 Å². The zero-order chi connectivity index (χ0) is 12.0. The van der Waals surface area contributed by atoms with Gasteiger partial charge in [-0.2, -0.15) is 0 Å². The number of thiophene rings is 1. The average Bonchev–Trinajstić information content (AvgIpc) is 2.59. The van der Waals surface area contributed by atoms with E-state index in [-0.39, 0.29) is 5.54 Å². The van der Waals surface area contributed by atoms with Crippen LogP contribution in [0.25, 0.3) is 0 Å². The monoisotopic (exact) mass is 301 g/mol. The summed E-state index contributed by atoms with van der Waals surface area (Å²) in [6.45, 7) is 10.2. The molecule has 2 atom stereocenters. The standard InChI is InChI=1S/C13H20BrNS/c1-12(2,3)15-8-9-7-13(9,4)10-5-6-11(14)16-10/h5-6,9,15H,7-8H2,1-4H3. The van der Waals surface area contributed by atoms with Gasteiger partial charge in [0.15, 0.2) is 0 Å². The second kappa shape index (κ2) is 4.11. The lowest BCUT2D eigenvalue weighted by Gasteiger charge is -2.21. The largest absolute Gasteiger partial charge is 0.312 e. The summed E-state index contributed by atoms with van der Waals surface area (Å²) in [7, 11) is 0.